The van der Waals surface area contributed by atoms with E-state index >= 15 is 0 Å². The number of carbonyl (C=O) groups excluding carboxylic acids is 1. The molecule has 0 saturated carbocycles. The fourth-order valence-corrected chi connectivity index (χ4v) is 2.71. The first-order valence-corrected chi connectivity index (χ1v) is 7.19. The maximum atomic E-state index is 12.8. The van der Waals surface area contributed by atoms with Crippen LogP contribution in [0.15, 0.2) is 29.1 Å². The summed E-state index contributed by atoms with van der Waals surface area (Å²) < 4.78 is 14.2. The van der Waals surface area contributed by atoms with Crippen LogP contribution in [0.4, 0.5) is 10.1 Å². The Hall–Kier alpha value is -2.50. The lowest BCUT2D eigenvalue weighted by atomic mass is 10.2. The maximum Gasteiger partial charge on any atom is 0.257 e. The second kappa shape index (κ2) is 5.71. The van der Waals surface area contributed by atoms with Gasteiger partial charge in [0.2, 0.25) is 5.91 Å². The molecule has 0 atom stereocenters. The molecule has 114 valence electrons. The minimum Gasteiger partial charge on any atom is -0.325 e. The molecule has 6 heteroatoms. The minimum absolute atomic E-state index is 0.0949. The van der Waals surface area contributed by atoms with E-state index in [4.69, 9.17) is 0 Å². The van der Waals surface area contributed by atoms with Crippen LogP contribution < -0.4 is 10.9 Å². The van der Waals surface area contributed by atoms with E-state index < -0.39 is 0 Å². The molecule has 2 aromatic rings. The second-order valence-electron chi connectivity index (χ2n) is 5.38. The van der Waals surface area contributed by atoms with E-state index in [0.29, 0.717) is 11.5 Å². The van der Waals surface area contributed by atoms with Crippen molar-refractivity contribution in [2.24, 2.45) is 0 Å². The highest BCUT2D eigenvalue weighted by Crippen LogP contribution is 2.16. The number of benzene rings is 1. The molecule has 0 bridgehead atoms. The molecule has 0 spiro atoms. The standard InChI is InChI=1S/C16H16FN3O2/c1-10-18-14-4-2-3-13(14)16(22)20(10)9-15(21)19-12-7-5-11(17)6-8-12/h5-8H,2-4,9H2,1H3,(H,19,21). The number of nitrogens with one attached hydrogen (secondary N) is 1. The number of rotatable bonds is 3. The van der Waals surface area contributed by atoms with Crippen molar-refractivity contribution < 1.29 is 9.18 Å². The van der Waals surface area contributed by atoms with Gasteiger partial charge in [0, 0.05) is 11.3 Å². The van der Waals surface area contributed by atoms with Crippen molar-refractivity contribution in [1.29, 1.82) is 0 Å². The second-order valence-corrected chi connectivity index (χ2v) is 5.38. The minimum atomic E-state index is -0.368. The molecule has 1 aliphatic carbocycles. The topological polar surface area (TPSA) is 64.0 Å². The van der Waals surface area contributed by atoms with Gasteiger partial charge >= 0.3 is 0 Å². The Morgan fingerprint density at radius 1 is 1.32 bits per heavy atom. The Kier molecular flexibility index (Phi) is 3.75. The Bertz CT molecular complexity index is 781. The number of carbonyl (C=O) groups is 1. The zero-order valence-electron chi connectivity index (χ0n) is 12.2. The van der Waals surface area contributed by atoms with Gasteiger partial charge in [-0.1, -0.05) is 0 Å². The third-order valence-corrected chi connectivity index (χ3v) is 3.81. The summed E-state index contributed by atoms with van der Waals surface area (Å²) in [6, 6.07) is 5.49. The van der Waals surface area contributed by atoms with E-state index in [1.54, 1.807) is 6.92 Å². The van der Waals surface area contributed by atoms with Crippen molar-refractivity contribution in [2.75, 3.05) is 5.32 Å². The van der Waals surface area contributed by atoms with Crippen LogP contribution in [0, 0.1) is 12.7 Å². The molecular formula is C16H16FN3O2. The van der Waals surface area contributed by atoms with E-state index in [1.165, 1.54) is 28.8 Å². The molecule has 5 nitrogen and oxygen atoms in total. The molecule has 1 aromatic heterocycles. The zero-order valence-corrected chi connectivity index (χ0v) is 12.2. The number of amides is 1. The summed E-state index contributed by atoms with van der Waals surface area (Å²) in [5.41, 5.74) is 1.94. The van der Waals surface area contributed by atoms with Crippen LogP contribution in [0.1, 0.15) is 23.5 Å². The van der Waals surface area contributed by atoms with Crippen molar-refractivity contribution in [1.82, 2.24) is 9.55 Å². The summed E-state index contributed by atoms with van der Waals surface area (Å²) >= 11 is 0. The molecule has 0 radical (unpaired) electrons. The molecule has 0 unspecified atom stereocenters. The lowest BCUT2D eigenvalue weighted by Gasteiger charge is -2.12. The zero-order chi connectivity index (χ0) is 15.7. The third-order valence-electron chi connectivity index (χ3n) is 3.81. The van der Waals surface area contributed by atoms with E-state index in [-0.39, 0.29) is 23.8 Å². The first-order valence-electron chi connectivity index (χ1n) is 7.19. The fraction of sp³-hybridized carbons (Fsp3) is 0.312. The van der Waals surface area contributed by atoms with Gasteiger partial charge in [0.05, 0.1) is 5.69 Å². The molecular weight excluding hydrogens is 285 g/mol. The predicted octanol–water partition coefficient (Wildman–Crippen LogP) is 1.82. The number of nitrogens with zero attached hydrogens (tertiary/aromatic N) is 2. The van der Waals surface area contributed by atoms with Gasteiger partial charge in [0.15, 0.2) is 0 Å². The summed E-state index contributed by atoms with van der Waals surface area (Å²) in [5, 5.41) is 2.65. The first kappa shape index (κ1) is 14.4. The Labute approximate surface area is 126 Å². The molecule has 1 amide bonds. The van der Waals surface area contributed by atoms with Gasteiger partial charge in [-0.25, -0.2) is 9.37 Å². The largest absolute Gasteiger partial charge is 0.325 e. The van der Waals surface area contributed by atoms with E-state index in [9.17, 15) is 14.0 Å². The molecule has 1 aliphatic rings. The number of anilines is 1. The lowest BCUT2D eigenvalue weighted by molar-refractivity contribution is -0.116. The number of fused-ring (bicyclic) bond motifs is 1. The van der Waals surface area contributed by atoms with Crippen LogP contribution in [-0.4, -0.2) is 15.5 Å². The summed E-state index contributed by atoms with van der Waals surface area (Å²) in [5.74, 6) is -0.163. The van der Waals surface area contributed by atoms with Gasteiger partial charge in [-0.3, -0.25) is 14.2 Å². The molecule has 3 rings (SSSR count). The molecule has 1 heterocycles. The van der Waals surface area contributed by atoms with Crippen LogP contribution in [0.5, 0.6) is 0 Å². The van der Waals surface area contributed by atoms with E-state index in [2.05, 4.69) is 10.3 Å². The Morgan fingerprint density at radius 2 is 2.05 bits per heavy atom. The normalized spacial score (nSPS) is 13.0. The number of aryl methyl sites for hydroxylation is 2. The summed E-state index contributed by atoms with van der Waals surface area (Å²) in [4.78, 5) is 28.9. The van der Waals surface area contributed by atoms with Gasteiger partial charge in [-0.2, -0.15) is 0 Å². The third kappa shape index (κ3) is 2.77. The molecule has 0 saturated heterocycles. The number of hydrogen-bond acceptors (Lipinski definition) is 3. The van der Waals surface area contributed by atoms with Crippen molar-refractivity contribution in [3.05, 3.63) is 57.5 Å². The summed E-state index contributed by atoms with van der Waals surface area (Å²) in [6.07, 6.45) is 2.48. The van der Waals surface area contributed by atoms with Crippen LogP contribution in [0.25, 0.3) is 0 Å². The van der Waals surface area contributed by atoms with Crippen LogP contribution in [-0.2, 0) is 24.2 Å². The van der Waals surface area contributed by atoms with Gasteiger partial charge in [0.25, 0.3) is 5.56 Å². The highest BCUT2D eigenvalue weighted by molar-refractivity contribution is 5.90. The van der Waals surface area contributed by atoms with E-state index in [0.717, 1.165) is 30.5 Å². The van der Waals surface area contributed by atoms with Gasteiger partial charge in [-0.15, -0.1) is 0 Å². The molecule has 1 N–H and O–H groups in total. The van der Waals surface area contributed by atoms with Gasteiger partial charge in [0.1, 0.15) is 18.2 Å². The molecule has 0 aliphatic heterocycles. The predicted molar refractivity (Wildman–Crippen MR) is 80.3 cm³/mol. The van der Waals surface area contributed by atoms with Crippen molar-refractivity contribution in [2.45, 2.75) is 32.7 Å². The molecule has 22 heavy (non-hydrogen) atoms. The average molecular weight is 301 g/mol. The number of halogens is 1. The lowest BCUT2D eigenvalue weighted by Crippen LogP contribution is -2.32. The summed E-state index contributed by atoms with van der Waals surface area (Å²) in [7, 11) is 0. The van der Waals surface area contributed by atoms with Crippen molar-refractivity contribution in [3.63, 3.8) is 0 Å². The number of aromatic nitrogens is 2. The quantitative estimate of drug-likeness (QED) is 0.940. The van der Waals surface area contributed by atoms with Crippen LogP contribution in [0.2, 0.25) is 0 Å². The maximum absolute atomic E-state index is 12.8. The fourth-order valence-electron chi connectivity index (χ4n) is 2.71. The van der Waals surface area contributed by atoms with Gasteiger partial charge < -0.3 is 5.32 Å². The molecule has 0 fully saturated rings. The van der Waals surface area contributed by atoms with Crippen molar-refractivity contribution >= 4 is 11.6 Å². The summed E-state index contributed by atoms with van der Waals surface area (Å²) in [6.45, 7) is 1.63. The van der Waals surface area contributed by atoms with E-state index in [1.807, 2.05) is 0 Å². The smallest absolute Gasteiger partial charge is 0.257 e. The average Bonchev–Trinajstić information content (AvgIpc) is 2.94. The Balaban J connectivity index is 1.80. The number of hydrogen-bond donors (Lipinski definition) is 1. The van der Waals surface area contributed by atoms with Gasteiger partial charge in [-0.05, 0) is 50.5 Å². The van der Waals surface area contributed by atoms with Crippen LogP contribution >= 0.6 is 0 Å². The first-order chi connectivity index (χ1) is 10.5. The van der Waals surface area contributed by atoms with Crippen molar-refractivity contribution in [3.8, 4) is 0 Å². The highest BCUT2D eigenvalue weighted by Gasteiger charge is 2.20. The SMILES string of the molecule is Cc1nc2c(c(=O)n1CC(=O)Nc1ccc(F)cc1)CCC2. The van der Waals surface area contributed by atoms with Crippen LogP contribution in [0.3, 0.4) is 0 Å². The Morgan fingerprint density at radius 3 is 2.77 bits per heavy atom. The molecule has 1 aromatic carbocycles. The monoisotopic (exact) mass is 301 g/mol. The highest BCUT2D eigenvalue weighted by atomic mass is 19.1.